The first-order valence-electron chi connectivity index (χ1n) is 4.25. The Hall–Kier alpha value is -1.03. The van der Waals surface area contributed by atoms with Gasteiger partial charge >= 0.3 is 5.97 Å². The second-order valence-electron chi connectivity index (χ2n) is 2.89. The van der Waals surface area contributed by atoms with E-state index in [4.69, 9.17) is 5.73 Å². The minimum Gasteiger partial charge on any atom is -0.469 e. The first-order chi connectivity index (χ1) is 6.65. The molecule has 0 radical (unpaired) electrons. The molecule has 0 bridgehead atoms. The average Bonchev–Trinajstić information content (AvgIpc) is 2.20. The first kappa shape index (κ1) is 11.0. The molecule has 4 heteroatoms. The van der Waals surface area contributed by atoms with E-state index >= 15 is 0 Å². The molecule has 2 N–H and O–H groups in total. The number of hydrogen-bond acceptors (Lipinski definition) is 3. The third-order valence-electron chi connectivity index (χ3n) is 1.97. The number of hydrogen-bond donors (Lipinski definition) is 1. The number of para-hydroxylation sites is 1. The topological polar surface area (TPSA) is 52.3 Å². The second kappa shape index (κ2) is 5.00. The van der Waals surface area contributed by atoms with Gasteiger partial charge in [0.05, 0.1) is 7.11 Å². The monoisotopic (exact) mass is 257 g/mol. The van der Waals surface area contributed by atoms with Gasteiger partial charge in [0.1, 0.15) is 0 Å². The molecule has 0 aromatic heterocycles. The van der Waals surface area contributed by atoms with Crippen molar-refractivity contribution in [2.45, 2.75) is 12.8 Å². The minimum atomic E-state index is -0.218. The van der Waals surface area contributed by atoms with Crippen LogP contribution in [0.3, 0.4) is 0 Å². The molecule has 1 rings (SSSR count). The fourth-order valence-corrected chi connectivity index (χ4v) is 1.55. The van der Waals surface area contributed by atoms with Gasteiger partial charge in [-0.15, -0.1) is 0 Å². The van der Waals surface area contributed by atoms with E-state index in [0.29, 0.717) is 18.5 Å². The van der Waals surface area contributed by atoms with Gasteiger partial charge < -0.3 is 10.5 Å². The molecule has 0 unspecified atom stereocenters. The largest absolute Gasteiger partial charge is 0.469 e. The summed E-state index contributed by atoms with van der Waals surface area (Å²) < 4.78 is 5.41. The molecular weight excluding hydrogens is 246 g/mol. The maximum absolute atomic E-state index is 10.9. The zero-order chi connectivity index (χ0) is 10.6. The lowest BCUT2D eigenvalue weighted by Crippen LogP contribution is -2.03. The maximum atomic E-state index is 10.9. The van der Waals surface area contributed by atoms with Crippen LogP contribution in [0.4, 0.5) is 5.69 Å². The van der Waals surface area contributed by atoms with Gasteiger partial charge in [0.15, 0.2) is 0 Å². The molecule has 3 nitrogen and oxygen atoms in total. The van der Waals surface area contributed by atoms with Crippen molar-refractivity contribution in [1.82, 2.24) is 0 Å². The Morgan fingerprint density at radius 2 is 2.29 bits per heavy atom. The van der Waals surface area contributed by atoms with E-state index < -0.39 is 0 Å². The molecule has 0 saturated carbocycles. The Bertz CT molecular complexity index is 339. The van der Waals surface area contributed by atoms with Gasteiger partial charge in [-0.3, -0.25) is 4.79 Å². The van der Waals surface area contributed by atoms with Crippen molar-refractivity contribution in [3.63, 3.8) is 0 Å². The van der Waals surface area contributed by atoms with Gasteiger partial charge in [-0.25, -0.2) is 0 Å². The van der Waals surface area contributed by atoms with E-state index in [-0.39, 0.29) is 5.97 Å². The highest BCUT2D eigenvalue weighted by Gasteiger charge is 2.05. The van der Waals surface area contributed by atoms with Crippen molar-refractivity contribution in [3.05, 3.63) is 28.2 Å². The van der Waals surface area contributed by atoms with E-state index in [0.717, 1.165) is 10.0 Å². The second-order valence-corrected chi connectivity index (χ2v) is 3.74. The zero-order valence-corrected chi connectivity index (χ0v) is 9.50. The molecule has 1 aromatic rings. The van der Waals surface area contributed by atoms with Gasteiger partial charge in [0, 0.05) is 16.6 Å². The summed E-state index contributed by atoms with van der Waals surface area (Å²) in [5.41, 5.74) is 7.47. The van der Waals surface area contributed by atoms with Crippen LogP contribution in [0, 0.1) is 0 Å². The Morgan fingerprint density at radius 3 is 2.93 bits per heavy atom. The number of nitrogen functional groups attached to an aromatic ring is 1. The summed E-state index contributed by atoms with van der Waals surface area (Å²) >= 11 is 3.33. The number of benzene rings is 1. The Morgan fingerprint density at radius 1 is 1.57 bits per heavy atom. The van der Waals surface area contributed by atoms with Crippen LogP contribution in [0.1, 0.15) is 12.0 Å². The van der Waals surface area contributed by atoms with Crippen molar-refractivity contribution in [2.24, 2.45) is 0 Å². The molecule has 0 amide bonds. The molecule has 0 spiro atoms. The molecule has 0 aliphatic heterocycles. The number of esters is 1. The molecule has 0 aliphatic rings. The van der Waals surface area contributed by atoms with Crippen molar-refractivity contribution in [1.29, 1.82) is 0 Å². The van der Waals surface area contributed by atoms with Crippen molar-refractivity contribution in [3.8, 4) is 0 Å². The molecule has 0 atom stereocenters. The molecule has 76 valence electrons. The van der Waals surface area contributed by atoms with Crippen LogP contribution in [0.25, 0.3) is 0 Å². The van der Waals surface area contributed by atoms with Crippen LogP contribution < -0.4 is 5.73 Å². The number of carbonyl (C=O) groups excluding carboxylic acids is 1. The van der Waals surface area contributed by atoms with E-state index in [9.17, 15) is 4.79 Å². The zero-order valence-electron chi connectivity index (χ0n) is 7.92. The van der Waals surface area contributed by atoms with Gasteiger partial charge in [-0.05, 0) is 34.0 Å². The van der Waals surface area contributed by atoms with Crippen LogP contribution in [0.15, 0.2) is 22.7 Å². The number of aryl methyl sites for hydroxylation is 1. The molecular formula is C10H12BrNO2. The fraction of sp³-hybridized carbons (Fsp3) is 0.300. The Balaban J connectivity index is 2.68. The van der Waals surface area contributed by atoms with Crippen molar-refractivity contribution >= 4 is 27.6 Å². The number of halogens is 1. The Kier molecular flexibility index (Phi) is 3.95. The highest BCUT2D eigenvalue weighted by molar-refractivity contribution is 9.10. The molecule has 0 saturated heterocycles. The van der Waals surface area contributed by atoms with E-state index in [1.165, 1.54) is 7.11 Å². The third-order valence-corrected chi connectivity index (χ3v) is 2.66. The van der Waals surface area contributed by atoms with E-state index in [2.05, 4.69) is 20.7 Å². The summed E-state index contributed by atoms with van der Waals surface area (Å²) in [6, 6.07) is 5.67. The summed E-state index contributed by atoms with van der Waals surface area (Å²) in [6.45, 7) is 0. The standard InChI is InChI=1S/C10H12BrNO2/c1-14-9(13)6-5-7-3-2-4-8(11)10(7)12/h2-4H,5-6,12H2,1H3. The molecule has 0 fully saturated rings. The molecule has 1 aromatic carbocycles. The third kappa shape index (κ3) is 2.73. The highest BCUT2D eigenvalue weighted by Crippen LogP contribution is 2.23. The first-order valence-corrected chi connectivity index (χ1v) is 5.04. The van der Waals surface area contributed by atoms with Crippen molar-refractivity contribution in [2.75, 3.05) is 12.8 Å². The Labute approximate surface area is 91.4 Å². The average molecular weight is 258 g/mol. The lowest BCUT2D eigenvalue weighted by Gasteiger charge is -2.06. The van der Waals surface area contributed by atoms with E-state index in [1.807, 2.05) is 18.2 Å². The van der Waals surface area contributed by atoms with Crippen LogP contribution >= 0.6 is 15.9 Å². The number of carbonyl (C=O) groups is 1. The summed E-state index contributed by atoms with van der Waals surface area (Å²) in [7, 11) is 1.38. The normalized spacial score (nSPS) is 9.86. The number of rotatable bonds is 3. The number of anilines is 1. The smallest absolute Gasteiger partial charge is 0.305 e. The number of methoxy groups -OCH3 is 1. The van der Waals surface area contributed by atoms with Gasteiger partial charge in [0.25, 0.3) is 0 Å². The maximum Gasteiger partial charge on any atom is 0.305 e. The summed E-state index contributed by atoms with van der Waals surface area (Å²) in [5, 5.41) is 0. The SMILES string of the molecule is COC(=O)CCc1cccc(Br)c1N. The summed E-state index contributed by atoms with van der Waals surface area (Å²) in [5.74, 6) is -0.218. The van der Waals surface area contributed by atoms with E-state index in [1.54, 1.807) is 0 Å². The quantitative estimate of drug-likeness (QED) is 0.667. The minimum absolute atomic E-state index is 0.218. The lowest BCUT2D eigenvalue weighted by molar-refractivity contribution is -0.140. The number of nitrogens with two attached hydrogens (primary N) is 1. The van der Waals surface area contributed by atoms with Crippen LogP contribution in [-0.4, -0.2) is 13.1 Å². The summed E-state index contributed by atoms with van der Waals surface area (Å²) in [6.07, 6.45) is 0.967. The van der Waals surface area contributed by atoms with Crippen molar-refractivity contribution < 1.29 is 9.53 Å². The van der Waals surface area contributed by atoms with Gasteiger partial charge in [-0.2, -0.15) is 0 Å². The highest BCUT2D eigenvalue weighted by atomic mass is 79.9. The van der Waals surface area contributed by atoms with Gasteiger partial charge in [-0.1, -0.05) is 12.1 Å². The fourth-order valence-electron chi connectivity index (χ4n) is 1.14. The van der Waals surface area contributed by atoms with Crippen LogP contribution in [0.5, 0.6) is 0 Å². The summed E-state index contributed by atoms with van der Waals surface area (Å²) in [4.78, 5) is 10.9. The molecule has 0 heterocycles. The predicted molar refractivity (Wildman–Crippen MR) is 58.9 cm³/mol. The van der Waals surface area contributed by atoms with Gasteiger partial charge in [0.2, 0.25) is 0 Å². The van der Waals surface area contributed by atoms with Crippen LogP contribution in [-0.2, 0) is 16.0 Å². The molecule has 14 heavy (non-hydrogen) atoms. The lowest BCUT2D eigenvalue weighted by atomic mass is 10.1. The molecule has 0 aliphatic carbocycles. The van der Waals surface area contributed by atoms with Crippen LogP contribution in [0.2, 0.25) is 0 Å². The predicted octanol–water partition coefficient (Wildman–Crippen LogP) is 2.14. The number of ether oxygens (including phenoxy) is 1.